The summed E-state index contributed by atoms with van der Waals surface area (Å²) < 4.78 is 0.833. The fourth-order valence-electron chi connectivity index (χ4n) is 2.36. The number of rotatable bonds is 5. The van der Waals surface area contributed by atoms with E-state index in [0.717, 1.165) is 35.2 Å². The summed E-state index contributed by atoms with van der Waals surface area (Å²) in [6.07, 6.45) is 0.835. The smallest absolute Gasteiger partial charge is 0.299 e. The first kappa shape index (κ1) is 14.2. The van der Waals surface area contributed by atoms with Crippen LogP contribution in [0, 0.1) is 6.92 Å². The third-order valence-corrected chi connectivity index (χ3v) is 3.66. The molecule has 0 atom stereocenters. The van der Waals surface area contributed by atoms with E-state index >= 15 is 0 Å². The van der Waals surface area contributed by atoms with E-state index in [-0.39, 0.29) is 0 Å². The van der Waals surface area contributed by atoms with Crippen molar-refractivity contribution < 1.29 is 9.59 Å². The minimum atomic E-state index is -0.410. The average molecular weight is 325 g/mol. The van der Waals surface area contributed by atoms with Crippen LogP contribution in [-0.2, 0) is 4.79 Å². The van der Waals surface area contributed by atoms with Crippen LogP contribution in [0.25, 0.3) is 0 Å². The van der Waals surface area contributed by atoms with Gasteiger partial charge in [0.2, 0.25) is 0 Å². The van der Waals surface area contributed by atoms with E-state index in [1.807, 2.05) is 19.9 Å². The Balaban J connectivity index is 2.23. The van der Waals surface area contributed by atoms with Crippen molar-refractivity contribution in [1.82, 2.24) is 5.32 Å². The average Bonchev–Trinajstić information content (AvgIpc) is 2.60. The lowest BCUT2D eigenvalue weighted by molar-refractivity contribution is -0.114. The molecule has 0 aromatic heterocycles. The number of fused-ring (bicyclic) bond motifs is 1. The summed E-state index contributed by atoms with van der Waals surface area (Å²) in [5.41, 5.74) is 2.24. The number of ketones is 1. The van der Waals surface area contributed by atoms with E-state index in [1.165, 1.54) is 0 Å². The molecule has 1 amide bonds. The lowest BCUT2D eigenvalue weighted by atomic mass is 10.1. The zero-order valence-electron chi connectivity index (χ0n) is 11.1. The Morgan fingerprint density at radius 1 is 1.32 bits per heavy atom. The highest BCUT2D eigenvalue weighted by Gasteiger charge is 2.36. The molecule has 19 heavy (non-hydrogen) atoms. The number of amides is 1. The molecule has 0 aliphatic carbocycles. The van der Waals surface area contributed by atoms with Gasteiger partial charge in [0.05, 0.1) is 11.3 Å². The van der Waals surface area contributed by atoms with Gasteiger partial charge in [-0.15, -0.1) is 0 Å². The first-order chi connectivity index (χ1) is 9.06. The summed E-state index contributed by atoms with van der Waals surface area (Å²) in [5, 5.41) is 3.22. The molecule has 0 fully saturated rings. The molecular formula is C14H17BrN2O2. The zero-order chi connectivity index (χ0) is 14.0. The van der Waals surface area contributed by atoms with Crippen molar-refractivity contribution >= 4 is 33.3 Å². The molecule has 1 aromatic carbocycles. The molecule has 1 N–H and O–H groups in total. The maximum Gasteiger partial charge on any atom is 0.299 e. The van der Waals surface area contributed by atoms with Crippen molar-refractivity contribution in [2.75, 3.05) is 24.5 Å². The number of Topliss-reactive ketones (excluding diaryl/α,β-unsaturated/α-hetero) is 1. The number of benzene rings is 1. The lowest BCUT2D eigenvalue weighted by Gasteiger charge is -2.18. The molecule has 0 spiro atoms. The van der Waals surface area contributed by atoms with Crippen LogP contribution in [0.5, 0.6) is 0 Å². The fourth-order valence-corrected chi connectivity index (χ4v) is 2.93. The van der Waals surface area contributed by atoms with Gasteiger partial charge in [0, 0.05) is 11.0 Å². The first-order valence-electron chi connectivity index (χ1n) is 6.43. The van der Waals surface area contributed by atoms with Gasteiger partial charge in [-0.25, -0.2) is 0 Å². The predicted molar refractivity (Wildman–Crippen MR) is 78.7 cm³/mol. The molecule has 1 aliphatic rings. The van der Waals surface area contributed by atoms with Gasteiger partial charge in [-0.1, -0.05) is 22.9 Å². The SMILES string of the molecule is CCNCCCN1C(=O)C(=O)c2cc(Br)cc(C)c21. The van der Waals surface area contributed by atoms with E-state index in [9.17, 15) is 9.59 Å². The Morgan fingerprint density at radius 2 is 2.05 bits per heavy atom. The lowest BCUT2D eigenvalue weighted by Crippen LogP contribution is -2.32. The molecule has 2 rings (SSSR count). The second-order valence-electron chi connectivity index (χ2n) is 4.61. The maximum atomic E-state index is 12.0. The van der Waals surface area contributed by atoms with Gasteiger partial charge < -0.3 is 10.2 Å². The summed E-state index contributed by atoms with van der Waals surface area (Å²) in [4.78, 5) is 25.6. The largest absolute Gasteiger partial charge is 0.317 e. The van der Waals surface area contributed by atoms with Gasteiger partial charge in [0.1, 0.15) is 0 Å². The number of halogens is 1. The van der Waals surface area contributed by atoms with Gasteiger partial charge in [-0.2, -0.15) is 0 Å². The quantitative estimate of drug-likeness (QED) is 0.667. The van der Waals surface area contributed by atoms with E-state index in [0.29, 0.717) is 12.1 Å². The van der Waals surface area contributed by atoms with E-state index in [1.54, 1.807) is 11.0 Å². The molecule has 102 valence electrons. The van der Waals surface area contributed by atoms with Gasteiger partial charge in [0.25, 0.3) is 11.7 Å². The molecule has 0 radical (unpaired) electrons. The number of nitrogens with zero attached hydrogens (tertiary/aromatic N) is 1. The van der Waals surface area contributed by atoms with Crippen LogP contribution in [0.15, 0.2) is 16.6 Å². The van der Waals surface area contributed by atoms with Gasteiger partial charge in [0.15, 0.2) is 0 Å². The number of anilines is 1. The zero-order valence-corrected chi connectivity index (χ0v) is 12.7. The highest BCUT2D eigenvalue weighted by molar-refractivity contribution is 9.10. The van der Waals surface area contributed by atoms with Crippen LogP contribution < -0.4 is 10.2 Å². The monoisotopic (exact) mass is 324 g/mol. The number of hydrogen-bond donors (Lipinski definition) is 1. The highest BCUT2D eigenvalue weighted by atomic mass is 79.9. The number of nitrogens with one attached hydrogen (secondary N) is 1. The number of hydrogen-bond acceptors (Lipinski definition) is 3. The third kappa shape index (κ3) is 2.72. The van der Waals surface area contributed by atoms with Crippen LogP contribution in [-0.4, -0.2) is 31.3 Å². The molecule has 1 aromatic rings. The first-order valence-corrected chi connectivity index (χ1v) is 7.22. The Morgan fingerprint density at radius 3 is 2.74 bits per heavy atom. The molecule has 0 bridgehead atoms. The van der Waals surface area contributed by atoms with Crippen LogP contribution >= 0.6 is 15.9 Å². The minimum Gasteiger partial charge on any atom is -0.317 e. The van der Waals surface area contributed by atoms with Gasteiger partial charge in [-0.3, -0.25) is 9.59 Å². The molecule has 0 saturated carbocycles. The van der Waals surface area contributed by atoms with Gasteiger partial charge in [-0.05, 0) is 44.1 Å². The Labute approximate surface area is 121 Å². The summed E-state index contributed by atoms with van der Waals surface area (Å²) in [7, 11) is 0. The van der Waals surface area contributed by atoms with Crippen molar-refractivity contribution in [3.8, 4) is 0 Å². The number of aryl methyl sites for hydroxylation is 1. The Bertz CT molecular complexity index is 528. The van der Waals surface area contributed by atoms with Crippen LogP contribution in [0.2, 0.25) is 0 Å². The van der Waals surface area contributed by atoms with Crippen molar-refractivity contribution in [2.24, 2.45) is 0 Å². The predicted octanol–water partition coefficient (Wildman–Crippen LogP) is 2.29. The second-order valence-corrected chi connectivity index (χ2v) is 5.53. The van der Waals surface area contributed by atoms with Crippen LogP contribution in [0.4, 0.5) is 5.69 Å². The number of carbonyl (C=O) groups is 2. The molecule has 0 unspecified atom stereocenters. The van der Waals surface area contributed by atoms with Crippen molar-refractivity contribution in [1.29, 1.82) is 0 Å². The maximum absolute atomic E-state index is 12.0. The third-order valence-electron chi connectivity index (χ3n) is 3.20. The topological polar surface area (TPSA) is 49.4 Å². The van der Waals surface area contributed by atoms with E-state index in [4.69, 9.17) is 0 Å². The normalized spacial score (nSPS) is 14.2. The van der Waals surface area contributed by atoms with E-state index in [2.05, 4.69) is 21.2 Å². The van der Waals surface area contributed by atoms with Gasteiger partial charge >= 0.3 is 0 Å². The number of carbonyl (C=O) groups excluding carboxylic acids is 2. The molecule has 5 heteroatoms. The van der Waals surface area contributed by atoms with E-state index < -0.39 is 11.7 Å². The van der Waals surface area contributed by atoms with Crippen molar-refractivity contribution in [2.45, 2.75) is 20.3 Å². The Kier molecular flexibility index (Phi) is 4.37. The molecule has 0 saturated heterocycles. The summed E-state index contributed by atoms with van der Waals surface area (Å²) in [6.45, 7) is 6.30. The summed E-state index contributed by atoms with van der Waals surface area (Å²) in [5.74, 6) is -0.810. The second kappa shape index (κ2) is 5.84. The van der Waals surface area contributed by atoms with Crippen molar-refractivity contribution in [3.05, 3.63) is 27.7 Å². The molecule has 1 heterocycles. The Hall–Kier alpha value is -1.20. The summed E-state index contributed by atoms with van der Waals surface area (Å²) >= 11 is 3.36. The highest BCUT2D eigenvalue weighted by Crippen LogP contribution is 2.34. The minimum absolute atomic E-state index is 0.400. The van der Waals surface area contributed by atoms with Crippen LogP contribution in [0.1, 0.15) is 29.3 Å². The van der Waals surface area contributed by atoms with Crippen LogP contribution in [0.3, 0.4) is 0 Å². The molecule has 4 nitrogen and oxygen atoms in total. The fraction of sp³-hybridized carbons (Fsp3) is 0.429. The van der Waals surface area contributed by atoms with Crippen molar-refractivity contribution in [3.63, 3.8) is 0 Å². The summed E-state index contributed by atoms with van der Waals surface area (Å²) in [6, 6.07) is 3.66. The molecular weight excluding hydrogens is 308 g/mol. The standard InChI is InChI=1S/C14H17BrN2O2/c1-3-16-5-4-6-17-12-9(2)7-10(15)8-11(12)13(18)14(17)19/h7-8,16H,3-6H2,1-2H3. The molecule has 1 aliphatic heterocycles.